The molecule has 0 aliphatic rings. The fourth-order valence-electron chi connectivity index (χ4n) is 3.71. The summed E-state index contributed by atoms with van der Waals surface area (Å²) in [6.45, 7) is 8.64. The zero-order valence-corrected chi connectivity index (χ0v) is 22.0. The van der Waals surface area contributed by atoms with Crippen LogP contribution in [0, 0.1) is 6.92 Å². The number of nitrogens with one attached hydrogen (secondary N) is 1. The van der Waals surface area contributed by atoms with E-state index in [1.165, 1.54) is 22.4 Å². The Morgan fingerprint density at radius 1 is 1.00 bits per heavy atom. The lowest BCUT2D eigenvalue weighted by Gasteiger charge is -2.17. The summed E-state index contributed by atoms with van der Waals surface area (Å²) in [6, 6.07) is 13.9. The molecule has 2 aromatic heterocycles. The van der Waals surface area contributed by atoms with Crippen molar-refractivity contribution >= 4 is 29.0 Å². The number of benzene rings is 2. The Morgan fingerprint density at radius 2 is 1.68 bits per heavy atom. The molecule has 1 amide bonds. The van der Waals surface area contributed by atoms with E-state index in [-0.39, 0.29) is 11.5 Å². The van der Waals surface area contributed by atoms with Crippen LogP contribution in [0.4, 0.5) is 5.69 Å². The van der Waals surface area contributed by atoms with Gasteiger partial charge in [0.2, 0.25) is 5.75 Å². The zero-order chi connectivity index (χ0) is 26.4. The van der Waals surface area contributed by atoms with Gasteiger partial charge in [0.15, 0.2) is 17.1 Å². The van der Waals surface area contributed by atoms with Crippen LogP contribution in [0.25, 0.3) is 5.65 Å². The summed E-state index contributed by atoms with van der Waals surface area (Å²) in [6.07, 6.45) is 0. The molecule has 0 radical (unpaired) electrons. The third kappa shape index (κ3) is 6.08. The molecule has 0 spiro atoms. The maximum Gasteiger partial charge on any atom is 0.287 e. The van der Waals surface area contributed by atoms with Crippen LogP contribution in [0.1, 0.15) is 42.6 Å². The molecular formula is C27H29N3O6S. The smallest absolute Gasteiger partial charge is 0.287 e. The van der Waals surface area contributed by atoms with Gasteiger partial charge in [-0.1, -0.05) is 12.1 Å². The van der Waals surface area contributed by atoms with Gasteiger partial charge < -0.3 is 24.1 Å². The van der Waals surface area contributed by atoms with Crippen molar-refractivity contribution in [3.05, 3.63) is 75.9 Å². The second kappa shape index (κ2) is 11.9. The third-order valence-corrected chi connectivity index (χ3v) is 6.31. The lowest BCUT2D eigenvalue weighted by molar-refractivity contribution is 0.102. The molecule has 0 bridgehead atoms. The molecule has 0 unspecified atom stereocenters. The number of fused-ring (bicyclic) bond motifs is 1. The van der Waals surface area contributed by atoms with Gasteiger partial charge >= 0.3 is 0 Å². The highest BCUT2D eigenvalue weighted by Crippen LogP contribution is 2.39. The number of nitrogens with zero attached hydrogens (tertiary/aromatic N) is 2. The Kier molecular flexibility index (Phi) is 8.39. The van der Waals surface area contributed by atoms with Crippen LogP contribution in [0.5, 0.6) is 17.2 Å². The van der Waals surface area contributed by atoms with Crippen LogP contribution in [-0.2, 0) is 5.75 Å². The van der Waals surface area contributed by atoms with E-state index in [0.29, 0.717) is 71.2 Å². The number of carbonyl (C=O) groups is 1. The maximum atomic E-state index is 13.3. The van der Waals surface area contributed by atoms with E-state index in [1.807, 2.05) is 45.0 Å². The number of anilines is 1. The predicted octanol–water partition coefficient (Wildman–Crippen LogP) is 5.34. The van der Waals surface area contributed by atoms with Crippen molar-refractivity contribution in [3.8, 4) is 17.2 Å². The number of hydrogen-bond donors (Lipinski definition) is 1. The van der Waals surface area contributed by atoms with Crippen LogP contribution in [0.2, 0.25) is 0 Å². The summed E-state index contributed by atoms with van der Waals surface area (Å²) < 4.78 is 23.7. The van der Waals surface area contributed by atoms with Gasteiger partial charge in [-0.25, -0.2) is 4.98 Å². The number of rotatable bonds is 11. The Hall–Kier alpha value is -3.92. The first kappa shape index (κ1) is 26.2. The van der Waals surface area contributed by atoms with Gasteiger partial charge in [-0.15, -0.1) is 16.3 Å². The van der Waals surface area contributed by atoms with Gasteiger partial charge in [0, 0.05) is 28.3 Å². The molecule has 0 saturated heterocycles. The Labute approximate surface area is 218 Å². The number of aryl methyl sites for hydroxylation is 1. The molecule has 4 aromatic rings. The quantitative estimate of drug-likeness (QED) is 0.263. The van der Waals surface area contributed by atoms with Gasteiger partial charge in [0.25, 0.3) is 11.5 Å². The molecule has 9 nitrogen and oxygen atoms in total. The average molecular weight is 524 g/mol. The van der Waals surface area contributed by atoms with Crippen LogP contribution in [0.3, 0.4) is 0 Å². The minimum atomic E-state index is -0.315. The summed E-state index contributed by atoms with van der Waals surface area (Å²) in [5.74, 6) is 2.11. The lowest BCUT2D eigenvalue weighted by atomic mass is 10.1. The fourth-order valence-corrected chi connectivity index (χ4v) is 4.61. The number of aromatic nitrogens is 2. The predicted molar refractivity (Wildman–Crippen MR) is 142 cm³/mol. The molecule has 10 heteroatoms. The topological polar surface area (TPSA) is 104 Å². The number of para-hydroxylation sites is 1. The highest BCUT2D eigenvalue weighted by Gasteiger charge is 2.19. The average Bonchev–Trinajstić information content (AvgIpc) is 3.26. The second-order valence-corrected chi connectivity index (χ2v) is 8.94. The number of carbonyl (C=O) groups excluding carboxylic acids is 1. The Morgan fingerprint density at radius 3 is 2.35 bits per heavy atom. The zero-order valence-electron chi connectivity index (χ0n) is 21.2. The lowest BCUT2D eigenvalue weighted by Crippen LogP contribution is -2.14. The summed E-state index contributed by atoms with van der Waals surface area (Å²) in [5.41, 5.74) is 1.82. The molecule has 2 aromatic carbocycles. The van der Waals surface area contributed by atoms with Gasteiger partial charge in [-0.05, 0) is 52.0 Å². The highest BCUT2D eigenvalue weighted by molar-refractivity contribution is 7.98. The minimum Gasteiger partial charge on any atom is -0.490 e. The Balaban J connectivity index is 1.56. The first-order valence-corrected chi connectivity index (χ1v) is 13.0. The van der Waals surface area contributed by atoms with E-state index < -0.39 is 0 Å². The summed E-state index contributed by atoms with van der Waals surface area (Å²) in [7, 11) is 0. The van der Waals surface area contributed by atoms with Gasteiger partial charge in [-0.3, -0.25) is 9.59 Å². The number of ether oxygens (including phenoxy) is 3. The van der Waals surface area contributed by atoms with Crippen LogP contribution < -0.4 is 25.1 Å². The van der Waals surface area contributed by atoms with E-state index in [2.05, 4.69) is 10.3 Å². The van der Waals surface area contributed by atoms with Crippen LogP contribution in [-0.4, -0.2) is 35.3 Å². The Bertz CT molecular complexity index is 1440. The molecule has 37 heavy (non-hydrogen) atoms. The highest BCUT2D eigenvalue weighted by atomic mass is 32.2. The first-order chi connectivity index (χ1) is 17.9. The van der Waals surface area contributed by atoms with Crippen molar-refractivity contribution in [2.24, 2.45) is 0 Å². The molecule has 0 fully saturated rings. The van der Waals surface area contributed by atoms with Crippen LogP contribution in [0.15, 0.2) is 62.7 Å². The molecule has 1 N–H and O–H groups in total. The molecule has 0 aliphatic carbocycles. The van der Waals surface area contributed by atoms with E-state index in [4.69, 9.17) is 18.7 Å². The van der Waals surface area contributed by atoms with Crippen molar-refractivity contribution in [2.45, 2.75) is 38.3 Å². The largest absolute Gasteiger partial charge is 0.490 e. The monoisotopic (exact) mass is 523 g/mol. The molecule has 4 rings (SSSR count). The van der Waals surface area contributed by atoms with Crippen molar-refractivity contribution in [1.82, 2.24) is 9.56 Å². The molecule has 0 aliphatic heterocycles. The first-order valence-electron chi connectivity index (χ1n) is 12.0. The summed E-state index contributed by atoms with van der Waals surface area (Å²) in [5, 5.41) is 2.98. The summed E-state index contributed by atoms with van der Waals surface area (Å²) in [4.78, 5) is 31.0. The molecule has 194 valence electrons. The van der Waals surface area contributed by atoms with Crippen molar-refractivity contribution in [3.63, 3.8) is 0 Å². The normalized spacial score (nSPS) is 10.9. The standard InChI is InChI=1S/C27H29N3O6S/c1-5-33-21-13-18(14-22(34-6-2)26(21)35-7-3)27(32)29-20-10-8-9-11-23(20)37-16-19-15-25(31)30-24(28-19)12-17(4)36-30/h8-15H,5-7,16H2,1-4H3,(H,29,32). The van der Waals surface area contributed by atoms with Crippen molar-refractivity contribution in [1.29, 1.82) is 0 Å². The van der Waals surface area contributed by atoms with E-state index >= 15 is 0 Å². The van der Waals surface area contributed by atoms with Gasteiger partial charge in [0.05, 0.1) is 31.2 Å². The third-order valence-electron chi connectivity index (χ3n) is 5.21. The van der Waals surface area contributed by atoms with Crippen molar-refractivity contribution < 1.29 is 23.5 Å². The summed E-state index contributed by atoms with van der Waals surface area (Å²) >= 11 is 1.47. The minimum absolute atomic E-state index is 0.277. The number of hydrogen-bond acceptors (Lipinski definition) is 8. The second-order valence-electron chi connectivity index (χ2n) is 7.92. The van der Waals surface area contributed by atoms with Crippen molar-refractivity contribution in [2.75, 3.05) is 25.1 Å². The molecule has 2 heterocycles. The molecule has 0 atom stereocenters. The molecule has 0 saturated carbocycles. The maximum absolute atomic E-state index is 13.3. The van der Waals surface area contributed by atoms with E-state index in [9.17, 15) is 9.59 Å². The molecular weight excluding hydrogens is 494 g/mol. The van der Waals surface area contributed by atoms with Gasteiger partial charge in [-0.2, -0.15) is 0 Å². The fraction of sp³-hybridized carbons (Fsp3) is 0.296. The van der Waals surface area contributed by atoms with E-state index in [0.717, 1.165) is 4.90 Å². The van der Waals surface area contributed by atoms with E-state index in [1.54, 1.807) is 25.1 Å². The SMILES string of the molecule is CCOc1cc(C(=O)Nc2ccccc2SCc2cc(=O)n3oc(C)cc3n2)cc(OCC)c1OCC. The number of amides is 1. The number of thioether (sulfide) groups is 1. The van der Waals surface area contributed by atoms with Crippen LogP contribution >= 0.6 is 11.8 Å². The van der Waals surface area contributed by atoms with Gasteiger partial charge in [0.1, 0.15) is 5.76 Å².